The van der Waals surface area contributed by atoms with Crippen molar-refractivity contribution < 1.29 is 9.18 Å². The van der Waals surface area contributed by atoms with E-state index in [9.17, 15) is 14.0 Å². The van der Waals surface area contributed by atoms with Gasteiger partial charge in [-0.3, -0.25) is 14.5 Å². The normalized spacial score (nSPS) is 20.7. The molecule has 2 saturated heterocycles. The van der Waals surface area contributed by atoms with Gasteiger partial charge in [-0.25, -0.2) is 9.07 Å². The smallest absolute Gasteiger partial charge is 0.274 e. The average molecular weight is 399 g/mol. The van der Waals surface area contributed by atoms with Crippen LogP contribution in [-0.4, -0.2) is 70.8 Å². The summed E-state index contributed by atoms with van der Waals surface area (Å²) in [7, 11) is 1.55. The average Bonchev–Trinajstić information content (AvgIpc) is 2.76. The lowest BCUT2D eigenvalue weighted by molar-refractivity contribution is 0.0556. The number of amides is 1. The zero-order chi connectivity index (χ0) is 20.4. The second-order valence-electron chi connectivity index (χ2n) is 7.73. The van der Waals surface area contributed by atoms with E-state index in [1.807, 2.05) is 17.0 Å². The fraction of sp³-hybridized carbons (Fsp3) is 0.476. The Morgan fingerprint density at radius 1 is 1.03 bits per heavy atom. The minimum atomic E-state index is -0.225. The van der Waals surface area contributed by atoms with Gasteiger partial charge in [0.05, 0.1) is 0 Å². The summed E-state index contributed by atoms with van der Waals surface area (Å²) in [5, 5.41) is 4.10. The number of halogens is 1. The van der Waals surface area contributed by atoms with E-state index < -0.39 is 0 Å². The molecule has 0 radical (unpaired) electrons. The Bertz CT molecular complexity index is 921. The number of hydrogen-bond acceptors (Lipinski definition) is 5. The summed E-state index contributed by atoms with van der Waals surface area (Å²) in [5.41, 5.74) is 1.14. The first-order valence-electron chi connectivity index (χ1n) is 10.1. The fourth-order valence-corrected chi connectivity index (χ4v) is 4.21. The molecular formula is C21H26FN5O2. The van der Waals surface area contributed by atoms with E-state index in [1.165, 1.54) is 28.9 Å². The molecule has 2 aliphatic rings. The molecule has 2 aromatic rings. The number of benzene rings is 1. The first-order valence-corrected chi connectivity index (χ1v) is 10.1. The lowest BCUT2D eigenvalue weighted by atomic mass is 10.0. The maximum Gasteiger partial charge on any atom is 0.274 e. The molecule has 29 heavy (non-hydrogen) atoms. The third-order valence-corrected chi connectivity index (χ3v) is 5.89. The first kappa shape index (κ1) is 19.6. The van der Waals surface area contributed by atoms with Crippen molar-refractivity contribution in [3.05, 3.63) is 58.3 Å². The molecular weight excluding hydrogens is 373 g/mol. The Morgan fingerprint density at radius 3 is 2.45 bits per heavy atom. The van der Waals surface area contributed by atoms with E-state index in [0.717, 1.165) is 51.3 Å². The predicted octanol–water partition coefficient (Wildman–Crippen LogP) is 1.35. The van der Waals surface area contributed by atoms with Crippen LogP contribution in [0.25, 0.3) is 0 Å². The molecule has 154 valence electrons. The van der Waals surface area contributed by atoms with Crippen molar-refractivity contribution in [2.45, 2.75) is 18.9 Å². The number of carbonyl (C=O) groups excluding carboxylic acids is 1. The van der Waals surface area contributed by atoms with Gasteiger partial charge in [0, 0.05) is 64.1 Å². The van der Waals surface area contributed by atoms with Gasteiger partial charge in [-0.05, 0) is 43.2 Å². The summed E-state index contributed by atoms with van der Waals surface area (Å²) in [6.45, 7) is 5.01. The highest BCUT2D eigenvalue weighted by atomic mass is 19.1. The SMILES string of the molecule is Cn1nc(C(=O)N2CCCC(N3CCN(c4ccc(F)cc4)CC3)C2)ccc1=O. The van der Waals surface area contributed by atoms with E-state index in [4.69, 9.17) is 0 Å². The third kappa shape index (κ3) is 4.32. The van der Waals surface area contributed by atoms with Crippen LogP contribution in [0.5, 0.6) is 0 Å². The van der Waals surface area contributed by atoms with Crippen LogP contribution >= 0.6 is 0 Å². The van der Waals surface area contributed by atoms with Crippen molar-refractivity contribution in [2.24, 2.45) is 7.05 Å². The maximum absolute atomic E-state index is 13.1. The minimum absolute atomic E-state index is 0.116. The van der Waals surface area contributed by atoms with Crippen LogP contribution in [0.4, 0.5) is 10.1 Å². The Hall–Kier alpha value is -2.74. The van der Waals surface area contributed by atoms with Crippen molar-refractivity contribution in [3.8, 4) is 0 Å². The summed E-state index contributed by atoms with van der Waals surface area (Å²) in [6.07, 6.45) is 2.03. The maximum atomic E-state index is 13.1. The molecule has 7 nitrogen and oxygen atoms in total. The van der Waals surface area contributed by atoms with Crippen molar-refractivity contribution in [1.29, 1.82) is 0 Å². The monoisotopic (exact) mass is 399 g/mol. The summed E-state index contributed by atoms with van der Waals surface area (Å²) in [6, 6.07) is 9.87. The highest BCUT2D eigenvalue weighted by Gasteiger charge is 2.31. The molecule has 2 aliphatic heterocycles. The van der Waals surface area contributed by atoms with E-state index in [0.29, 0.717) is 18.3 Å². The van der Waals surface area contributed by atoms with Crippen LogP contribution in [0.2, 0.25) is 0 Å². The Labute approximate surface area is 169 Å². The molecule has 1 aromatic heterocycles. The van der Waals surface area contributed by atoms with Crippen LogP contribution in [-0.2, 0) is 7.05 Å². The molecule has 4 rings (SSSR count). The molecule has 1 atom stereocenters. The second-order valence-corrected chi connectivity index (χ2v) is 7.73. The van der Waals surface area contributed by atoms with Crippen LogP contribution in [0.15, 0.2) is 41.2 Å². The first-order chi connectivity index (χ1) is 14.0. The topological polar surface area (TPSA) is 61.7 Å². The standard InChI is InChI=1S/C21H26FN5O2/c1-24-20(28)9-8-19(23-24)21(29)27-10-2-3-18(15-27)26-13-11-25(12-14-26)17-6-4-16(22)5-7-17/h4-9,18H,2-3,10-15H2,1H3. The number of piperazine rings is 1. The minimum Gasteiger partial charge on any atom is -0.369 e. The van der Waals surface area contributed by atoms with E-state index in [-0.39, 0.29) is 17.3 Å². The summed E-state index contributed by atoms with van der Waals surface area (Å²) < 4.78 is 14.3. The Balaban J connectivity index is 1.36. The quantitative estimate of drug-likeness (QED) is 0.780. The number of carbonyl (C=O) groups is 1. The highest BCUT2D eigenvalue weighted by Crippen LogP contribution is 2.22. The number of nitrogens with zero attached hydrogens (tertiary/aromatic N) is 5. The van der Waals surface area contributed by atoms with Gasteiger partial charge in [0.1, 0.15) is 11.5 Å². The number of piperidine rings is 1. The summed E-state index contributed by atoms with van der Waals surface area (Å²) >= 11 is 0. The van der Waals surface area contributed by atoms with Gasteiger partial charge in [0.25, 0.3) is 11.5 Å². The van der Waals surface area contributed by atoms with Crippen LogP contribution in [0.1, 0.15) is 23.3 Å². The van der Waals surface area contributed by atoms with Gasteiger partial charge in [-0.15, -0.1) is 0 Å². The van der Waals surface area contributed by atoms with Gasteiger partial charge in [-0.2, -0.15) is 5.10 Å². The number of hydrogen-bond donors (Lipinski definition) is 0. The van der Waals surface area contributed by atoms with E-state index >= 15 is 0 Å². The largest absolute Gasteiger partial charge is 0.369 e. The number of aryl methyl sites for hydroxylation is 1. The second kappa shape index (κ2) is 8.32. The summed E-state index contributed by atoms with van der Waals surface area (Å²) in [5.74, 6) is -0.331. The Morgan fingerprint density at radius 2 is 1.76 bits per heavy atom. The van der Waals surface area contributed by atoms with Crippen molar-refractivity contribution >= 4 is 11.6 Å². The van der Waals surface area contributed by atoms with E-state index in [1.54, 1.807) is 7.05 Å². The van der Waals surface area contributed by atoms with Gasteiger partial charge in [-0.1, -0.05) is 0 Å². The van der Waals surface area contributed by atoms with Crippen molar-refractivity contribution in [3.63, 3.8) is 0 Å². The molecule has 0 saturated carbocycles. The molecule has 1 aromatic carbocycles. The zero-order valence-electron chi connectivity index (χ0n) is 16.6. The lowest BCUT2D eigenvalue weighted by Crippen LogP contribution is -2.56. The number of aromatic nitrogens is 2. The summed E-state index contributed by atoms with van der Waals surface area (Å²) in [4.78, 5) is 30.9. The van der Waals surface area contributed by atoms with Crippen LogP contribution in [0, 0.1) is 5.82 Å². The number of rotatable bonds is 3. The van der Waals surface area contributed by atoms with E-state index in [2.05, 4.69) is 14.9 Å². The van der Waals surface area contributed by atoms with Gasteiger partial charge in [0.2, 0.25) is 0 Å². The highest BCUT2D eigenvalue weighted by molar-refractivity contribution is 5.92. The van der Waals surface area contributed by atoms with Crippen LogP contribution < -0.4 is 10.5 Å². The third-order valence-electron chi connectivity index (χ3n) is 5.89. The molecule has 3 heterocycles. The number of likely N-dealkylation sites (tertiary alicyclic amines) is 1. The Kier molecular flexibility index (Phi) is 5.62. The van der Waals surface area contributed by atoms with Gasteiger partial charge < -0.3 is 9.80 Å². The molecule has 0 spiro atoms. The molecule has 0 bridgehead atoms. The molecule has 8 heteroatoms. The zero-order valence-corrected chi connectivity index (χ0v) is 16.6. The van der Waals surface area contributed by atoms with Crippen molar-refractivity contribution in [1.82, 2.24) is 19.6 Å². The van der Waals surface area contributed by atoms with Crippen LogP contribution in [0.3, 0.4) is 0 Å². The lowest BCUT2D eigenvalue weighted by Gasteiger charge is -2.43. The van der Waals surface area contributed by atoms with Gasteiger partial charge in [0.15, 0.2) is 0 Å². The molecule has 1 unspecified atom stereocenters. The predicted molar refractivity (Wildman–Crippen MR) is 109 cm³/mol. The molecule has 1 amide bonds. The molecule has 2 fully saturated rings. The molecule has 0 N–H and O–H groups in total. The number of anilines is 1. The fourth-order valence-electron chi connectivity index (χ4n) is 4.21. The van der Waals surface area contributed by atoms with Gasteiger partial charge >= 0.3 is 0 Å². The molecule has 0 aliphatic carbocycles. The van der Waals surface area contributed by atoms with Crippen molar-refractivity contribution in [2.75, 3.05) is 44.2 Å².